The van der Waals surface area contributed by atoms with E-state index in [4.69, 9.17) is 9.47 Å². The molecule has 0 aromatic carbocycles. The van der Waals surface area contributed by atoms with Crippen molar-refractivity contribution in [3.05, 3.63) is 12.2 Å². The first-order valence-electron chi connectivity index (χ1n) is 18.7. The second kappa shape index (κ2) is 32.4. The van der Waals surface area contributed by atoms with Crippen molar-refractivity contribution in [3.8, 4) is 23.7 Å². The van der Waals surface area contributed by atoms with Crippen molar-refractivity contribution in [1.29, 1.82) is 0 Å². The Morgan fingerprint density at radius 3 is 1.48 bits per heavy atom. The second-order valence-corrected chi connectivity index (χ2v) is 12.3. The van der Waals surface area contributed by atoms with E-state index in [-0.39, 0.29) is 36.6 Å². The molecule has 0 aromatic rings. The third kappa shape index (κ3) is 26.9. The van der Waals surface area contributed by atoms with Crippen molar-refractivity contribution >= 4 is 23.6 Å². The van der Waals surface area contributed by atoms with Crippen LogP contribution < -0.4 is 10.6 Å². The quantitative estimate of drug-likeness (QED) is 0.0502. The lowest BCUT2D eigenvalue weighted by Crippen LogP contribution is -2.32. The summed E-state index contributed by atoms with van der Waals surface area (Å²) in [6.07, 6.45) is 25.7. The first-order valence-corrected chi connectivity index (χ1v) is 18.7. The van der Waals surface area contributed by atoms with Gasteiger partial charge in [0.2, 0.25) is 11.8 Å². The normalized spacial score (nSPS) is 12.1. The standard InChI is InChI=1S/C39H63N3O6/c1-2-3-4-5-6-7-8-9-10-11-12-13-14-15-16-17-18-19-20-21-22-23-25-36(43)40-29-32-47-34-35-48-33-30-41-37(44)26-24-31-42-38(45)27-28-39(42)46/h27-28H,2-12,17-26,29-35H2,1H3,(H,40,43)(H,41,44). The Morgan fingerprint density at radius 1 is 0.583 bits per heavy atom. The van der Waals surface area contributed by atoms with E-state index in [1.807, 2.05) is 0 Å². The molecule has 1 heterocycles. The van der Waals surface area contributed by atoms with Gasteiger partial charge in [0, 0.05) is 57.5 Å². The first-order chi connectivity index (χ1) is 23.5. The van der Waals surface area contributed by atoms with Gasteiger partial charge < -0.3 is 20.1 Å². The van der Waals surface area contributed by atoms with Crippen molar-refractivity contribution in [2.45, 2.75) is 142 Å². The van der Waals surface area contributed by atoms with Crippen LogP contribution >= 0.6 is 0 Å². The Balaban J connectivity index is 1.77. The molecule has 0 saturated heterocycles. The lowest BCUT2D eigenvalue weighted by molar-refractivity contribution is -0.137. The highest BCUT2D eigenvalue weighted by molar-refractivity contribution is 6.12. The maximum atomic E-state index is 12.0. The molecule has 0 unspecified atom stereocenters. The zero-order valence-electron chi connectivity index (χ0n) is 29.9. The van der Waals surface area contributed by atoms with Crippen LogP contribution in [-0.2, 0) is 28.7 Å². The van der Waals surface area contributed by atoms with Gasteiger partial charge in [0.05, 0.1) is 26.4 Å². The third-order valence-corrected chi connectivity index (χ3v) is 8.05. The Morgan fingerprint density at radius 2 is 1.00 bits per heavy atom. The van der Waals surface area contributed by atoms with Crippen LogP contribution in [-0.4, -0.2) is 74.6 Å². The van der Waals surface area contributed by atoms with Crippen LogP contribution in [0.3, 0.4) is 0 Å². The highest BCUT2D eigenvalue weighted by Gasteiger charge is 2.22. The summed E-state index contributed by atoms with van der Waals surface area (Å²) >= 11 is 0. The number of carbonyl (C=O) groups is 4. The number of nitrogens with zero attached hydrogens (tertiary/aromatic N) is 1. The fourth-order valence-electron chi connectivity index (χ4n) is 5.19. The summed E-state index contributed by atoms with van der Waals surface area (Å²) in [5.41, 5.74) is 0. The molecule has 0 atom stereocenters. The molecule has 0 aliphatic carbocycles. The van der Waals surface area contributed by atoms with Crippen molar-refractivity contribution in [3.63, 3.8) is 0 Å². The molecule has 9 nitrogen and oxygen atoms in total. The van der Waals surface area contributed by atoms with E-state index < -0.39 is 0 Å². The van der Waals surface area contributed by atoms with Crippen LogP contribution in [0.4, 0.5) is 0 Å². The fourth-order valence-corrected chi connectivity index (χ4v) is 5.19. The van der Waals surface area contributed by atoms with E-state index in [0.29, 0.717) is 52.4 Å². The summed E-state index contributed by atoms with van der Waals surface area (Å²) in [6, 6.07) is 0. The summed E-state index contributed by atoms with van der Waals surface area (Å²) in [4.78, 5) is 47.9. The highest BCUT2D eigenvalue weighted by atomic mass is 16.5. The number of hydrogen-bond acceptors (Lipinski definition) is 6. The van der Waals surface area contributed by atoms with Crippen LogP contribution in [0, 0.1) is 23.7 Å². The molecular formula is C39H63N3O6. The average molecular weight is 670 g/mol. The molecule has 0 saturated carbocycles. The van der Waals surface area contributed by atoms with Crippen molar-refractivity contribution in [2.24, 2.45) is 0 Å². The van der Waals surface area contributed by atoms with Gasteiger partial charge in [-0.1, -0.05) is 102 Å². The molecule has 2 N–H and O–H groups in total. The van der Waals surface area contributed by atoms with Crippen molar-refractivity contribution < 1.29 is 28.7 Å². The smallest absolute Gasteiger partial charge is 0.253 e. The molecule has 270 valence electrons. The Kier molecular flexibility index (Phi) is 29.0. The number of nitrogens with one attached hydrogen (secondary N) is 2. The maximum Gasteiger partial charge on any atom is 0.253 e. The van der Waals surface area contributed by atoms with Gasteiger partial charge in [0.15, 0.2) is 0 Å². The first kappa shape index (κ1) is 42.9. The lowest BCUT2D eigenvalue weighted by Gasteiger charge is -2.13. The Bertz CT molecular complexity index is 1020. The fraction of sp³-hybridized carbons (Fsp3) is 0.744. The number of ether oxygens (including phenoxy) is 2. The SMILES string of the molecule is CCCCCCCCCCCCC#CC#CCCCCCCCCC(=O)NCCOCCOCCNC(=O)CCCN1C(=O)C=CC1=O. The summed E-state index contributed by atoms with van der Waals surface area (Å²) in [5.74, 6) is 11.6. The molecule has 0 aromatic heterocycles. The van der Waals surface area contributed by atoms with Gasteiger partial charge in [0.25, 0.3) is 11.8 Å². The third-order valence-electron chi connectivity index (χ3n) is 8.05. The lowest BCUT2D eigenvalue weighted by atomic mass is 10.1. The van der Waals surface area contributed by atoms with Crippen LogP contribution in [0.15, 0.2) is 12.2 Å². The monoisotopic (exact) mass is 669 g/mol. The second-order valence-electron chi connectivity index (χ2n) is 12.3. The predicted octanol–water partition coefficient (Wildman–Crippen LogP) is 6.40. The van der Waals surface area contributed by atoms with Crippen LogP contribution in [0.1, 0.15) is 142 Å². The largest absolute Gasteiger partial charge is 0.377 e. The molecule has 1 rings (SSSR count). The summed E-state index contributed by atoms with van der Waals surface area (Å²) in [7, 11) is 0. The molecule has 0 bridgehead atoms. The maximum absolute atomic E-state index is 12.0. The molecular weight excluding hydrogens is 606 g/mol. The minimum absolute atomic E-state index is 0.0606. The van der Waals surface area contributed by atoms with E-state index >= 15 is 0 Å². The molecule has 1 aliphatic rings. The summed E-state index contributed by atoms with van der Waals surface area (Å²) in [5, 5.41) is 5.63. The highest BCUT2D eigenvalue weighted by Crippen LogP contribution is 2.11. The number of carbonyl (C=O) groups excluding carboxylic acids is 4. The van der Waals surface area contributed by atoms with Crippen LogP contribution in [0.2, 0.25) is 0 Å². The van der Waals surface area contributed by atoms with E-state index in [1.54, 1.807) is 0 Å². The number of rotatable bonds is 31. The molecule has 4 amide bonds. The zero-order chi connectivity index (χ0) is 34.8. The van der Waals surface area contributed by atoms with Gasteiger partial charge in [-0.3, -0.25) is 24.1 Å². The Hall–Kier alpha value is -3.14. The Labute approximate surface area is 291 Å². The molecule has 0 fully saturated rings. The summed E-state index contributed by atoms with van der Waals surface area (Å²) < 4.78 is 10.9. The van der Waals surface area contributed by atoms with E-state index in [2.05, 4.69) is 41.2 Å². The zero-order valence-corrected chi connectivity index (χ0v) is 29.9. The minimum atomic E-state index is -0.334. The summed E-state index contributed by atoms with van der Waals surface area (Å²) in [6.45, 7) is 4.96. The number of imide groups is 1. The van der Waals surface area contributed by atoms with Crippen LogP contribution in [0.25, 0.3) is 0 Å². The van der Waals surface area contributed by atoms with Crippen molar-refractivity contribution in [2.75, 3.05) is 46.1 Å². The molecule has 48 heavy (non-hydrogen) atoms. The number of amides is 4. The van der Waals surface area contributed by atoms with Crippen LogP contribution in [0.5, 0.6) is 0 Å². The van der Waals surface area contributed by atoms with Gasteiger partial charge in [-0.2, -0.15) is 0 Å². The molecule has 0 spiro atoms. The van der Waals surface area contributed by atoms with E-state index in [1.165, 1.54) is 89.2 Å². The molecule has 9 heteroatoms. The van der Waals surface area contributed by atoms with Gasteiger partial charge in [-0.15, -0.1) is 0 Å². The predicted molar refractivity (Wildman–Crippen MR) is 192 cm³/mol. The van der Waals surface area contributed by atoms with Gasteiger partial charge in [0.1, 0.15) is 0 Å². The average Bonchev–Trinajstić information content (AvgIpc) is 3.40. The minimum Gasteiger partial charge on any atom is -0.377 e. The van der Waals surface area contributed by atoms with Gasteiger partial charge >= 0.3 is 0 Å². The molecule has 0 radical (unpaired) electrons. The molecule has 1 aliphatic heterocycles. The number of hydrogen-bond donors (Lipinski definition) is 2. The topological polar surface area (TPSA) is 114 Å². The van der Waals surface area contributed by atoms with Crippen molar-refractivity contribution in [1.82, 2.24) is 15.5 Å². The van der Waals surface area contributed by atoms with Gasteiger partial charge in [-0.25, -0.2) is 0 Å². The van der Waals surface area contributed by atoms with Gasteiger partial charge in [-0.05, 0) is 37.5 Å². The van der Waals surface area contributed by atoms with E-state index in [9.17, 15) is 19.2 Å². The van der Waals surface area contributed by atoms with E-state index in [0.717, 1.165) is 43.4 Å². The number of unbranched alkanes of at least 4 members (excludes halogenated alkanes) is 16.